The predicted molar refractivity (Wildman–Crippen MR) is 59.0 cm³/mol. The summed E-state index contributed by atoms with van der Waals surface area (Å²) in [5.41, 5.74) is 6.32. The highest BCUT2D eigenvalue weighted by atomic mass is 16.5. The summed E-state index contributed by atoms with van der Waals surface area (Å²) in [6.45, 7) is 3.13. The summed E-state index contributed by atoms with van der Waals surface area (Å²) < 4.78 is 11.1. The fourth-order valence-corrected chi connectivity index (χ4v) is 1.48. The number of nitrogen functional groups attached to an aromatic ring is 1. The van der Waals surface area contributed by atoms with E-state index in [-0.39, 0.29) is 6.10 Å². The van der Waals surface area contributed by atoms with Crippen molar-refractivity contribution in [1.29, 1.82) is 0 Å². The molecule has 1 aliphatic rings. The molecule has 1 aliphatic heterocycles. The zero-order valence-electron chi connectivity index (χ0n) is 8.61. The van der Waals surface area contributed by atoms with E-state index in [9.17, 15) is 0 Å². The Bertz CT molecular complexity index is 294. The van der Waals surface area contributed by atoms with Crippen LogP contribution in [0.1, 0.15) is 0 Å². The summed E-state index contributed by atoms with van der Waals surface area (Å²) in [5, 5.41) is 3.26. The number of ether oxygens (including phenoxy) is 2. The van der Waals surface area contributed by atoms with Gasteiger partial charge in [-0.25, -0.2) is 0 Å². The number of nitrogens with one attached hydrogen (secondary N) is 1. The van der Waals surface area contributed by atoms with Gasteiger partial charge in [0, 0.05) is 18.8 Å². The van der Waals surface area contributed by atoms with E-state index in [1.165, 1.54) is 0 Å². The molecule has 15 heavy (non-hydrogen) atoms. The van der Waals surface area contributed by atoms with Crippen LogP contribution in [0.3, 0.4) is 0 Å². The Morgan fingerprint density at radius 1 is 1.40 bits per heavy atom. The predicted octanol–water partition coefficient (Wildman–Crippen LogP) is 0.636. The summed E-state index contributed by atoms with van der Waals surface area (Å²) in [6.07, 6.45) is 0.149. The largest absolute Gasteiger partial charge is 0.491 e. The number of morpholine rings is 1. The fraction of sp³-hybridized carbons (Fsp3) is 0.455. The smallest absolute Gasteiger partial charge is 0.119 e. The normalized spacial score (nSPS) is 21.2. The fourth-order valence-electron chi connectivity index (χ4n) is 1.48. The summed E-state index contributed by atoms with van der Waals surface area (Å²) >= 11 is 0. The Morgan fingerprint density at radius 3 is 2.87 bits per heavy atom. The SMILES string of the molecule is Nc1ccc(OCC2CNCCO2)cc1. The second-order valence-corrected chi connectivity index (χ2v) is 3.58. The number of nitrogens with two attached hydrogens (primary N) is 1. The molecule has 0 amide bonds. The lowest BCUT2D eigenvalue weighted by molar-refractivity contribution is 0.000199. The van der Waals surface area contributed by atoms with Gasteiger partial charge in [0.25, 0.3) is 0 Å². The maximum absolute atomic E-state index is 5.58. The third kappa shape index (κ3) is 3.11. The van der Waals surface area contributed by atoms with Crippen molar-refractivity contribution in [3.05, 3.63) is 24.3 Å². The van der Waals surface area contributed by atoms with E-state index in [0.29, 0.717) is 6.61 Å². The molecule has 1 aromatic carbocycles. The van der Waals surface area contributed by atoms with Crippen LogP contribution < -0.4 is 15.8 Å². The molecule has 0 bridgehead atoms. The van der Waals surface area contributed by atoms with Gasteiger partial charge in [0.2, 0.25) is 0 Å². The third-order valence-electron chi connectivity index (χ3n) is 2.32. The molecule has 0 saturated carbocycles. The highest BCUT2D eigenvalue weighted by molar-refractivity contribution is 5.41. The lowest BCUT2D eigenvalue weighted by Gasteiger charge is -2.23. The highest BCUT2D eigenvalue weighted by Crippen LogP contribution is 2.13. The summed E-state index contributed by atoms with van der Waals surface area (Å²) in [6, 6.07) is 7.39. The monoisotopic (exact) mass is 208 g/mol. The lowest BCUT2D eigenvalue weighted by atomic mass is 10.3. The molecule has 0 aromatic heterocycles. The van der Waals surface area contributed by atoms with E-state index < -0.39 is 0 Å². The van der Waals surface area contributed by atoms with Gasteiger partial charge in [0.15, 0.2) is 0 Å². The standard InChI is InChI=1S/C11H16N2O2/c12-9-1-3-10(4-2-9)15-8-11-7-13-5-6-14-11/h1-4,11,13H,5-8,12H2. The molecule has 1 heterocycles. The summed E-state index contributed by atoms with van der Waals surface area (Å²) in [4.78, 5) is 0. The quantitative estimate of drug-likeness (QED) is 0.716. The second kappa shape index (κ2) is 5.00. The number of rotatable bonds is 3. The van der Waals surface area contributed by atoms with Crippen LogP contribution in [0.4, 0.5) is 5.69 Å². The van der Waals surface area contributed by atoms with Crippen molar-refractivity contribution >= 4 is 5.69 Å². The maximum Gasteiger partial charge on any atom is 0.119 e. The molecule has 0 spiro atoms. The van der Waals surface area contributed by atoms with Gasteiger partial charge in [-0.3, -0.25) is 0 Å². The van der Waals surface area contributed by atoms with E-state index in [1.54, 1.807) is 0 Å². The minimum absolute atomic E-state index is 0.149. The Kier molecular flexibility index (Phi) is 3.42. The minimum atomic E-state index is 0.149. The van der Waals surface area contributed by atoms with Gasteiger partial charge in [0.1, 0.15) is 18.5 Å². The maximum atomic E-state index is 5.58. The van der Waals surface area contributed by atoms with Gasteiger partial charge in [0.05, 0.1) is 6.61 Å². The zero-order valence-corrected chi connectivity index (χ0v) is 8.61. The first kappa shape index (κ1) is 10.3. The molecular weight excluding hydrogens is 192 g/mol. The van der Waals surface area contributed by atoms with Gasteiger partial charge < -0.3 is 20.5 Å². The Morgan fingerprint density at radius 2 is 2.20 bits per heavy atom. The van der Waals surface area contributed by atoms with E-state index in [1.807, 2.05) is 24.3 Å². The van der Waals surface area contributed by atoms with Crippen molar-refractivity contribution in [3.63, 3.8) is 0 Å². The molecule has 82 valence electrons. The molecule has 1 saturated heterocycles. The first-order valence-electron chi connectivity index (χ1n) is 5.15. The molecule has 4 nitrogen and oxygen atoms in total. The number of hydrogen-bond acceptors (Lipinski definition) is 4. The van der Waals surface area contributed by atoms with E-state index in [2.05, 4.69) is 5.32 Å². The van der Waals surface area contributed by atoms with Crippen LogP contribution in [0.25, 0.3) is 0 Å². The Labute approximate surface area is 89.4 Å². The van der Waals surface area contributed by atoms with Crippen LogP contribution in [0.5, 0.6) is 5.75 Å². The van der Waals surface area contributed by atoms with Crippen LogP contribution >= 0.6 is 0 Å². The van der Waals surface area contributed by atoms with Gasteiger partial charge >= 0.3 is 0 Å². The summed E-state index contributed by atoms with van der Waals surface area (Å²) in [5.74, 6) is 0.832. The minimum Gasteiger partial charge on any atom is -0.491 e. The van der Waals surface area contributed by atoms with E-state index >= 15 is 0 Å². The van der Waals surface area contributed by atoms with Crippen molar-refractivity contribution in [2.45, 2.75) is 6.10 Å². The summed E-state index contributed by atoms with van der Waals surface area (Å²) in [7, 11) is 0. The Balaban J connectivity index is 1.79. The first-order valence-corrected chi connectivity index (χ1v) is 5.15. The first-order chi connectivity index (χ1) is 7.34. The topological polar surface area (TPSA) is 56.5 Å². The molecular formula is C11H16N2O2. The number of anilines is 1. The van der Waals surface area contributed by atoms with Crippen molar-refractivity contribution < 1.29 is 9.47 Å². The highest BCUT2D eigenvalue weighted by Gasteiger charge is 2.13. The molecule has 0 radical (unpaired) electrons. The van der Waals surface area contributed by atoms with Gasteiger partial charge in [-0.1, -0.05) is 0 Å². The van der Waals surface area contributed by atoms with Crippen LogP contribution in [-0.4, -0.2) is 32.4 Å². The number of benzene rings is 1. The lowest BCUT2D eigenvalue weighted by Crippen LogP contribution is -2.41. The molecule has 4 heteroatoms. The van der Waals surface area contributed by atoms with Crippen LogP contribution in [-0.2, 0) is 4.74 Å². The Hall–Kier alpha value is -1.26. The number of hydrogen-bond donors (Lipinski definition) is 2. The molecule has 1 aromatic rings. The molecule has 3 N–H and O–H groups in total. The van der Waals surface area contributed by atoms with E-state index in [0.717, 1.165) is 31.1 Å². The molecule has 1 atom stereocenters. The van der Waals surface area contributed by atoms with Crippen molar-refractivity contribution in [2.24, 2.45) is 0 Å². The zero-order chi connectivity index (χ0) is 10.5. The van der Waals surface area contributed by atoms with E-state index in [4.69, 9.17) is 15.2 Å². The van der Waals surface area contributed by atoms with Crippen molar-refractivity contribution in [3.8, 4) is 5.75 Å². The third-order valence-corrected chi connectivity index (χ3v) is 2.32. The van der Waals surface area contributed by atoms with Crippen LogP contribution in [0.15, 0.2) is 24.3 Å². The second-order valence-electron chi connectivity index (χ2n) is 3.58. The average Bonchev–Trinajstić information content (AvgIpc) is 2.30. The van der Waals surface area contributed by atoms with Crippen molar-refractivity contribution in [2.75, 3.05) is 32.0 Å². The average molecular weight is 208 g/mol. The van der Waals surface area contributed by atoms with Gasteiger partial charge in [-0.2, -0.15) is 0 Å². The molecule has 2 rings (SSSR count). The van der Waals surface area contributed by atoms with Gasteiger partial charge in [-0.15, -0.1) is 0 Å². The molecule has 1 unspecified atom stereocenters. The molecule has 0 aliphatic carbocycles. The van der Waals surface area contributed by atoms with Crippen LogP contribution in [0.2, 0.25) is 0 Å². The van der Waals surface area contributed by atoms with Crippen LogP contribution in [0, 0.1) is 0 Å². The van der Waals surface area contributed by atoms with Crippen molar-refractivity contribution in [1.82, 2.24) is 5.32 Å². The molecule has 1 fully saturated rings. The van der Waals surface area contributed by atoms with Gasteiger partial charge in [-0.05, 0) is 24.3 Å².